The number of rotatable bonds is 5. The summed E-state index contributed by atoms with van der Waals surface area (Å²) in [6.45, 7) is 5.39. The number of carbonyl (C=O) groups excluding carboxylic acids is 2. The zero-order chi connectivity index (χ0) is 19.6. The molecule has 138 valence electrons. The van der Waals surface area contributed by atoms with Gasteiger partial charge in [0.05, 0.1) is 11.4 Å². The Labute approximate surface area is 162 Å². The summed E-state index contributed by atoms with van der Waals surface area (Å²) in [4.78, 5) is 30.5. The molecule has 0 saturated heterocycles. The summed E-state index contributed by atoms with van der Waals surface area (Å²) in [5, 5.41) is 14.3. The highest BCUT2D eigenvalue weighted by Crippen LogP contribution is 2.34. The second kappa shape index (κ2) is 7.72. The summed E-state index contributed by atoms with van der Waals surface area (Å²) in [6, 6.07) is 7.94. The first-order chi connectivity index (χ1) is 12.9. The van der Waals surface area contributed by atoms with Gasteiger partial charge in [-0.15, -0.1) is 11.3 Å². The third-order valence-corrected chi connectivity index (χ3v) is 5.09. The summed E-state index contributed by atoms with van der Waals surface area (Å²) < 4.78 is 0. The third kappa shape index (κ3) is 4.23. The van der Waals surface area contributed by atoms with Crippen molar-refractivity contribution in [3.63, 3.8) is 0 Å². The number of benzene rings is 1. The van der Waals surface area contributed by atoms with Crippen LogP contribution in [0.25, 0.3) is 6.08 Å². The molecule has 1 aromatic carbocycles. The van der Waals surface area contributed by atoms with Gasteiger partial charge in [0.25, 0.3) is 5.91 Å². The van der Waals surface area contributed by atoms with Crippen molar-refractivity contribution in [2.75, 3.05) is 4.90 Å². The van der Waals surface area contributed by atoms with Gasteiger partial charge in [-0.25, -0.2) is 4.98 Å². The van der Waals surface area contributed by atoms with E-state index >= 15 is 0 Å². The van der Waals surface area contributed by atoms with Crippen LogP contribution in [-0.4, -0.2) is 22.8 Å². The van der Waals surface area contributed by atoms with Crippen molar-refractivity contribution in [3.8, 4) is 6.07 Å². The Kier molecular flexibility index (Phi) is 5.38. The molecule has 27 heavy (non-hydrogen) atoms. The average molecular weight is 380 g/mol. The molecule has 1 N–H and O–H groups in total. The van der Waals surface area contributed by atoms with Crippen LogP contribution in [0.5, 0.6) is 0 Å². The van der Waals surface area contributed by atoms with Gasteiger partial charge in [-0.1, -0.05) is 18.2 Å². The van der Waals surface area contributed by atoms with E-state index in [1.54, 1.807) is 10.3 Å². The van der Waals surface area contributed by atoms with Crippen molar-refractivity contribution in [1.29, 1.82) is 5.26 Å². The number of aromatic nitrogens is 1. The normalized spacial score (nSPS) is 13.8. The van der Waals surface area contributed by atoms with Crippen molar-refractivity contribution in [1.82, 2.24) is 10.3 Å². The molecule has 0 radical (unpaired) electrons. The first-order valence-electron chi connectivity index (χ1n) is 8.65. The fraction of sp³-hybridized carbons (Fsp3) is 0.300. The molecule has 0 unspecified atom stereocenters. The van der Waals surface area contributed by atoms with Gasteiger partial charge >= 0.3 is 0 Å². The van der Waals surface area contributed by atoms with E-state index in [2.05, 4.69) is 10.3 Å². The third-order valence-electron chi connectivity index (χ3n) is 4.25. The molecule has 2 amide bonds. The highest BCUT2D eigenvalue weighted by molar-refractivity contribution is 7.14. The van der Waals surface area contributed by atoms with Crippen molar-refractivity contribution in [2.24, 2.45) is 0 Å². The van der Waals surface area contributed by atoms with Crippen LogP contribution in [0.2, 0.25) is 0 Å². The van der Waals surface area contributed by atoms with Crippen LogP contribution >= 0.6 is 11.3 Å². The lowest BCUT2D eigenvalue weighted by atomic mass is 10.1. The van der Waals surface area contributed by atoms with Crippen LogP contribution in [-0.2, 0) is 9.59 Å². The minimum Gasteiger partial charge on any atom is -0.349 e. The Morgan fingerprint density at radius 1 is 1.33 bits per heavy atom. The number of carbonyl (C=O) groups is 2. The topological polar surface area (TPSA) is 86.1 Å². The zero-order valence-corrected chi connectivity index (χ0v) is 16.3. The first-order valence-corrected chi connectivity index (χ1v) is 9.53. The molecule has 1 saturated carbocycles. The van der Waals surface area contributed by atoms with Crippen molar-refractivity contribution < 1.29 is 9.59 Å². The van der Waals surface area contributed by atoms with Gasteiger partial charge in [-0.05, 0) is 43.9 Å². The largest absolute Gasteiger partial charge is 0.349 e. The number of thiazole rings is 1. The molecule has 1 aromatic heterocycles. The number of nitrogens with zero attached hydrogens (tertiary/aromatic N) is 3. The van der Waals surface area contributed by atoms with E-state index in [1.165, 1.54) is 24.3 Å². The summed E-state index contributed by atoms with van der Waals surface area (Å²) in [7, 11) is 0. The fourth-order valence-electron chi connectivity index (χ4n) is 2.78. The lowest BCUT2D eigenvalue weighted by Crippen LogP contribution is -2.26. The van der Waals surface area contributed by atoms with Crippen LogP contribution in [0.3, 0.4) is 0 Å². The Morgan fingerprint density at radius 2 is 2.00 bits per heavy atom. The average Bonchev–Trinajstić information content (AvgIpc) is 3.31. The number of aryl methyl sites for hydroxylation is 2. The molecule has 1 heterocycles. The van der Waals surface area contributed by atoms with E-state index in [4.69, 9.17) is 0 Å². The summed E-state index contributed by atoms with van der Waals surface area (Å²) in [5.41, 5.74) is 3.25. The van der Waals surface area contributed by atoms with Gasteiger partial charge in [0.1, 0.15) is 11.6 Å². The van der Waals surface area contributed by atoms with Gasteiger partial charge in [0.2, 0.25) is 5.91 Å². The molecule has 0 aliphatic heterocycles. The quantitative estimate of drug-likeness (QED) is 0.634. The van der Waals surface area contributed by atoms with Gasteiger partial charge < -0.3 is 5.32 Å². The SMILES string of the molecule is CC(=O)N(c1nc(/C=C(\C#N)C(=O)NC2CC2)cs1)c1c(C)cccc1C. The molecule has 1 aliphatic carbocycles. The Balaban J connectivity index is 1.92. The number of nitrogens with one attached hydrogen (secondary N) is 1. The Hall–Kier alpha value is -2.98. The van der Waals surface area contributed by atoms with Crippen LogP contribution in [0.1, 0.15) is 36.6 Å². The van der Waals surface area contributed by atoms with E-state index in [0.29, 0.717) is 10.8 Å². The maximum Gasteiger partial charge on any atom is 0.262 e. The second-order valence-electron chi connectivity index (χ2n) is 6.57. The molecular weight excluding hydrogens is 360 g/mol. The molecule has 1 fully saturated rings. The maximum absolute atomic E-state index is 12.3. The van der Waals surface area contributed by atoms with E-state index in [9.17, 15) is 14.9 Å². The van der Waals surface area contributed by atoms with Crippen LogP contribution in [0, 0.1) is 25.2 Å². The van der Waals surface area contributed by atoms with Crippen molar-refractivity contribution in [3.05, 3.63) is 46.0 Å². The summed E-state index contributed by atoms with van der Waals surface area (Å²) >= 11 is 1.30. The molecular formula is C20H20N4O2S. The Bertz CT molecular complexity index is 946. The predicted octanol–water partition coefficient (Wildman–Crippen LogP) is 3.63. The lowest BCUT2D eigenvalue weighted by molar-refractivity contribution is -0.117. The van der Waals surface area contributed by atoms with E-state index in [0.717, 1.165) is 29.7 Å². The summed E-state index contributed by atoms with van der Waals surface area (Å²) in [5.74, 6) is -0.531. The molecule has 0 atom stereocenters. The maximum atomic E-state index is 12.3. The second-order valence-corrected chi connectivity index (χ2v) is 7.40. The van der Waals surface area contributed by atoms with Gasteiger partial charge in [0, 0.05) is 18.3 Å². The molecule has 0 spiro atoms. The smallest absolute Gasteiger partial charge is 0.262 e. The number of hydrogen-bond acceptors (Lipinski definition) is 5. The van der Waals surface area contributed by atoms with Gasteiger partial charge in [-0.3, -0.25) is 14.5 Å². The van der Waals surface area contributed by atoms with E-state index in [1.807, 2.05) is 38.1 Å². The molecule has 1 aliphatic rings. The number of para-hydroxylation sites is 1. The number of amides is 2. The summed E-state index contributed by atoms with van der Waals surface area (Å²) in [6.07, 6.45) is 3.37. The van der Waals surface area contributed by atoms with Crippen LogP contribution in [0.15, 0.2) is 29.2 Å². The highest BCUT2D eigenvalue weighted by atomic mass is 32.1. The molecule has 7 heteroatoms. The number of hydrogen-bond donors (Lipinski definition) is 1. The van der Waals surface area contributed by atoms with Crippen LogP contribution in [0.4, 0.5) is 10.8 Å². The monoisotopic (exact) mass is 380 g/mol. The highest BCUT2D eigenvalue weighted by Gasteiger charge is 2.25. The Morgan fingerprint density at radius 3 is 2.56 bits per heavy atom. The molecule has 6 nitrogen and oxygen atoms in total. The standard InChI is InChI=1S/C20H20N4O2S/c1-12-5-4-6-13(2)18(12)24(14(3)25)20-23-17(11-27-20)9-15(10-21)19(26)22-16-7-8-16/h4-6,9,11,16H,7-8H2,1-3H3,(H,22,26)/b15-9+. The lowest BCUT2D eigenvalue weighted by Gasteiger charge is -2.22. The van der Waals surface area contributed by atoms with Crippen molar-refractivity contribution in [2.45, 2.75) is 39.7 Å². The number of anilines is 2. The van der Waals surface area contributed by atoms with Crippen LogP contribution < -0.4 is 10.2 Å². The van der Waals surface area contributed by atoms with Gasteiger partial charge in [0.15, 0.2) is 5.13 Å². The molecule has 0 bridgehead atoms. The number of nitriles is 1. The van der Waals surface area contributed by atoms with Crippen molar-refractivity contribution >= 4 is 40.0 Å². The predicted molar refractivity (Wildman–Crippen MR) is 106 cm³/mol. The van der Waals surface area contributed by atoms with Gasteiger partial charge in [-0.2, -0.15) is 5.26 Å². The fourth-order valence-corrected chi connectivity index (χ4v) is 3.61. The molecule has 3 rings (SSSR count). The first kappa shape index (κ1) is 18.8. The minimum atomic E-state index is -0.382. The van der Waals surface area contributed by atoms with E-state index < -0.39 is 0 Å². The minimum absolute atomic E-state index is 0.0141. The molecule has 2 aromatic rings. The van der Waals surface area contributed by atoms with E-state index in [-0.39, 0.29) is 23.4 Å². The zero-order valence-electron chi connectivity index (χ0n) is 15.4.